The van der Waals surface area contributed by atoms with Crippen LogP contribution in [0.4, 0.5) is 5.69 Å². The van der Waals surface area contributed by atoms with Crippen LogP contribution in [0.5, 0.6) is 5.75 Å². The molecule has 0 radical (unpaired) electrons. The summed E-state index contributed by atoms with van der Waals surface area (Å²) in [6.45, 7) is 1.25. The molecule has 1 aromatic carbocycles. The van der Waals surface area contributed by atoms with Gasteiger partial charge in [0.2, 0.25) is 0 Å². The number of hydrogen-bond acceptors (Lipinski definition) is 4. The molecule has 94 valence electrons. The van der Waals surface area contributed by atoms with E-state index in [1.807, 2.05) is 0 Å². The van der Waals surface area contributed by atoms with E-state index >= 15 is 0 Å². The first kappa shape index (κ1) is 13.6. The number of aromatic carboxylic acids is 1. The number of carbonyl (C=O) groups is 1. The molecule has 0 unspecified atom stereocenters. The van der Waals surface area contributed by atoms with Crippen LogP contribution in [0.15, 0.2) is 12.1 Å². The van der Waals surface area contributed by atoms with Crippen molar-refractivity contribution in [2.45, 2.75) is 6.42 Å². The van der Waals surface area contributed by atoms with E-state index in [2.05, 4.69) is 5.32 Å². The lowest BCUT2D eigenvalue weighted by Gasteiger charge is -2.11. The van der Waals surface area contributed by atoms with Gasteiger partial charge < -0.3 is 20.9 Å². The summed E-state index contributed by atoms with van der Waals surface area (Å²) in [6.07, 6.45) is 0.805. The Morgan fingerprint density at radius 1 is 1.59 bits per heavy atom. The number of anilines is 1. The summed E-state index contributed by atoms with van der Waals surface area (Å²) < 4.78 is 5.00. The van der Waals surface area contributed by atoms with Gasteiger partial charge in [-0.1, -0.05) is 11.6 Å². The first-order valence-corrected chi connectivity index (χ1v) is 5.52. The molecule has 0 bridgehead atoms. The second kappa shape index (κ2) is 6.32. The van der Waals surface area contributed by atoms with Gasteiger partial charge in [0.25, 0.3) is 0 Å². The van der Waals surface area contributed by atoms with Crippen molar-refractivity contribution in [1.29, 1.82) is 0 Å². The third-order valence-electron chi connectivity index (χ3n) is 2.22. The zero-order chi connectivity index (χ0) is 12.8. The van der Waals surface area contributed by atoms with Gasteiger partial charge in [-0.25, -0.2) is 4.79 Å². The Morgan fingerprint density at radius 2 is 2.29 bits per heavy atom. The minimum atomic E-state index is -1.07. The number of nitrogens with one attached hydrogen (secondary N) is 1. The summed E-state index contributed by atoms with van der Waals surface area (Å²) in [4.78, 5) is 10.9. The SMILES string of the molecule is COc1cc(NCCCN)c(Cl)cc1C(=O)O. The molecule has 0 saturated heterocycles. The first-order valence-electron chi connectivity index (χ1n) is 5.15. The Labute approximate surface area is 105 Å². The van der Waals surface area contributed by atoms with Crippen molar-refractivity contribution < 1.29 is 14.6 Å². The molecule has 0 heterocycles. The van der Waals surface area contributed by atoms with Crippen molar-refractivity contribution in [2.75, 3.05) is 25.5 Å². The maximum absolute atomic E-state index is 10.9. The lowest BCUT2D eigenvalue weighted by Crippen LogP contribution is -2.09. The molecule has 0 aliphatic heterocycles. The standard InChI is InChI=1S/C11H15ClN2O3/c1-17-10-6-9(14-4-2-3-13)8(12)5-7(10)11(15)16/h5-6,14H,2-4,13H2,1H3,(H,15,16). The number of carboxylic acid groups (broad SMARTS) is 1. The lowest BCUT2D eigenvalue weighted by atomic mass is 10.1. The molecule has 6 heteroatoms. The largest absolute Gasteiger partial charge is 0.496 e. The maximum Gasteiger partial charge on any atom is 0.339 e. The van der Waals surface area contributed by atoms with Gasteiger partial charge in [0.1, 0.15) is 11.3 Å². The predicted octanol–water partition coefficient (Wildman–Crippen LogP) is 1.81. The molecule has 4 N–H and O–H groups in total. The second-order valence-corrected chi connectivity index (χ2v) is 3.81. The van der Waals surface area contributed by atoms with Crippen LogP contribution in [0.2, 0.25) is 5.02 Å². The highest BCUT2D eigenvalue weighted by molar-refractivity contribution is 6.33. The van der Waals surface area contributed by atoms with Crippen LogP contribution in [0.3, 0.4) is 0 Å². The molecule has 1 rings (SSSR count). The molecule has 0 aliphatic rings. The van der Waals surface area contributed by atoms with Crippen molar-refractivity contribution in [2.24, 2.45) is 5.73 Å². The molecular weight excluding hydrogens is 244 g/mol. The van der Waals surface area contributed by atoms with Crippen LogP contribution in [0, 0.1) is 0 Å². The normalized spacial score (nSPS) is 10.1. The zero-order valence-electron chi connectivity index (χ0n) is 9.50. The number of ether oxygens (including phenoxy) is 1. The van der Waals surface area contributed by atoms with E-state index in [1.165, 1.54) is 13.2 Å². The highest BCUT2D eigenvalue weighted by Crippen LogP contribution is 2.30. The Balaban J connectivity index is 2.96. The molecule has 0 amide bonds. The molecule has 0 aliphatic carbocycles. The summed E-state index contributed by atoms with van der Waals surface area (Å²) in [5.41, 5.74) is 6.06. The molecule has 0 aromatic heterocycles. The Kier molecular flexibility index (Phi) is 5.06. The first-order chi connectivity index (χ1) is 8.10. The van der Waals surface area contributed by atoms with Gasteiger partial charge in [0, 0.05) is 12.6 Å². The fourth-order valence-electron chi connectivity index (χ4n) is 1.35. The quantitative estimate of drug-likeness (QED) is 0.678. The number of hydrogen-bond donors (Lipinski definition) is 3. The van der Waals surface area contributed by atoms with Crippen molar-refractivity contribution >= 4 is 23.3 Å². The van der Waals surface area contributed by atoms with Gasteiger partial charge >= 0.3 is 5.97 Å². The number of benzene rings is 1. The van der Waals surface area contributed by atoms with Crippen molar-refractivity contribution in [3.05, 3.63) is 22.7 Å². The summed E-state index contributed by atoms with van der Waals surface area (Å²) >= 11 is 5.97. The fourth-order valence-corrected chi connectivity index (χ4v) is 1.58. The average molecular weight is 259 g/mol. The molecular formula is C11H15ClN2O3. The lowest BCUT2D eigenvalue weighted by molar-refractivity contribution is 0.0693. The van der Waals surface area contributed by atoms with E-state index in [9.17, 15) is 4.79 Å². The number of halogens is 1. The van der Waals surface area contributed by atoms with E-state index in [0.29, 0.717) is 23.8 Å². The van der Waals surface area contributed by atoms with Crippen LogP contribution >= 0.6 is 11.6 Å². The predicted molar refractivity (Wildman–Crippen MR) is 67.1 cm³/mol. The van der Waals surface area contributed by atoms with Crippen molar-refractivity contribution in [1.82, 2.24) is 0 Å². The molecule has 1 aromatic rings. The van der Waals surface area contributed by atoms with Crippen molar-refractivity contribution in [3.8, 4) is 5.75 Å². The summed E-state index contributed by atoms with van der Waals surface area (Å²) in [7, 11) is 1.42. The van der Waals surface area contributed by atoms with Crippen LogP contribution in [-0.2, 0) is 0 Å². The number of rotatable bonds is 6. The topological polar surface area (TPSA) is 84.6 Å². The van der Waals surface area contributed by atoms with Crippen LogP contribution in [0.1, 0.15) is 16.8 Å². The van der Waals surface area contributed by atoms with E-state index in [1.54, 1.807) is 6.07 Å². The minimum Gasteiger partial charge on any atom is -0.496 e. The smallest absolute Gasteiger partial charge is 0.339 e. The van der Waals surface area contributed by atoms with Crippen LogP contribution in [0.25, 0.3) is 0 Å². The van der Waals surface area contributed by atoms with Gasteiger partial charge in [-0.05, 0) is 19.0 Å². The molecule has 17 heavy (non-hydrogen) atoms. The summed E-state index contributed by atoms with van der Waals surface area (Å²) in [5, 5.41) is 12.4. The average Bonchev–Trinajstić information content (AvgIpc) is 2.30. The van der Waals surface area contributed by atoms with E-state index in [4.69, 9.17) is 27.2 Å². The molecule has 5 nitrogen and oxygen atoms in total. The summed E-state index contributed by atoms with van der Waals surface area (Å²) in [6, 6.07) is 2.94. The number of methoxy groups -OCH3 is 1. The maximum atomic E-state index is 10.9. The van der Waals surface area contributed by atoms with E-state index in [-0.39, 0.29) is 11.3 Å². The van der Waals surface area contributed by atoms with E-state index in [0.717, 1.165) is 6.42 Å². The molecule has 0 saturated carbocycles. The Bertz CT molecular complexity index is 410. The highest BCUT2D eigenvalue weighted by Gasteiger charge is 2.14. The van der Waals surface area contributed by atoms with Gasteiger partial charge in [-0.2, -0.15) is 0 Å². The fraction of sp³-hybridized carbons (Fsp3) is 0.364. The van der Waals surface area contributed by atoms with Gasteiger partial charge in [0.15, 0.2) is 0 Å². The number of carboxylic acids is 1. The van der Waals surface area contributed by atoms with Gasteiger partial charge in [0.05, 0.1) is 17.8 Å². The Hall–Kier alpha value is -1.46. The third kappa shape index (κ3) is 3.51. The van der Waals surface area contributed by atoms with Gasteiger partial charge in [-0.15, -0.1) is 0 Å². The zero-order valence-corrected chi connectivity index (χ0v) is 10.3. The van der Waals surface area contributed by atoms with E-state index < -0.39 is 5.97 Å². The molecule has 0 spiro atoms. The Morgan fingerprint density at radius 3 is 2.82 bits per heavy atom. The number of nitrogens with two attached hydrogens (primary N) is 1. The molecule has 0 fully saturated rings. The van der Waals surface area contributed by atoms with Crippen LogP contribution < -0.4 is 15.8 Å². The minimum absolute atomic E-state index is 0.0434. The highest BCUT2D eigenvalue weighted by atomic mass is 35.5. The monoisotopic (exact) mass is 258 g/mol. The van der Waals surface area contributed by atoms with Crippen molar-refractivity contribution in [3.63, 3.8) is 0 Å². The molecule has 0 atom stereocenters. The van der Waals surface area contributed by atoms with Crippen LogP contribution in [-0.4, -0.2) is 31.3 Å². The summed E-state index contributed by atoms with van der Waals surface area (Å²) in [5.74, 6) is -0.797. The van der Waals surface area contributed by atoms with Gasteiger partial charge in [-0.3, -0.25) is 0 Å². The second-order valence-electron chi connectivity index (χ2n) is 3.41. The third-order valence-corrected chi connectivity index (χ3v) is 2.53.